The van der Waals surface area contributed by atoms with Crippen LogP contribution in [-0.2, 0) is 25.6 Å². The molecule has 0 aromatic carbocycles. The largest absolute Gasteiger partial charge is 0.480 e. The molecule has 0 radical (unpaired) electrons. The van der Waals surface area contributed by atoms with Crippen molar-refractivity contribution in [1.29, 1.82) is 0 Å². The number of nitrogens with one attached hydrogen (secondary N) is 4. The third-order valence-corrected chi connectivity index (χ3v) is 4.89. The lowest BCUT2D eigenvalue weighted by atomic mass is 9.97. The second-order valence-corrected chi connectivity index (χ2v) is 8.06. The second-order valence-electron chi connectivity index (χ2n) is 8.06. The van der Waals surface area contributed by atoms with Gasteiger partial charge in [-0.2, -0.15) is 0 Å². The molecule has 3 amide bonds. The topological polar surface area (TPSA) is 179 Å². The first-order chi connectivity index (χ1) is 14.5. The van der Waals surface area contributed by atoms with Crippen molar-refractivity contribution >= 4 is 23.7 Å². The van der Waals surface area contributed by atoms with Gasteiger partial charge in [0.2, 0.25) is 17.7 Å². The van der Waals surface area contributed by atoms with E-state index < -0.39 is 41.8 Å². The van der Waals surface area contributed by atoms with E-state index in [9.17, 15) is 24.3 Å². The molecule has 7 N–H and O–H groups in total. The van der Waals surface area contributed by atoms with E-state index >= 15 is 0 Å². The number of aromatic nitrogens is 2. The molecule has 0 aliphatic rings. The maximum absolute atomic E-state index is 12.8. The number of hydrogen-bond donors (Lipinski definition) is 6. The fourth-order valence-corrected chi connectivity index (χ4v) is 2.92. The maximum Gasteiger partial charge on any atom is 0.326 e. The highest BCUT2D eigenvalue weighted by Crippen LogP contribution is 2.09. The number of carbonyl (C=O) groups excluding carboxylic acids is 3. The van der Waals surface area contributed by atoms with Crippen molar-refractivity contribution in [2.24, 2.45) is 17.6 Å². The number of rotatable bonds is 13. The summed E-state index contributed by atoms with van der Waals surface area (Å²) >= 11 is 0. The Morgan fingerprint density at radius 2 is 1.84 bits per heavy atom. The summed E-state index contributed by atoms with van der Waals surface area (Å²) in [7, 11) is 0. The van der Waals surface area contributed by atoms with Gasteiger partial charge in [0.15, 0.2) is 0 Å². The summed E-state index contributed by atoms with van der Waals surface area (Å²) < 4.78 is 0. The summed E-state index contributed by atoms with van der Waals surface area (Å²) in [5.41, 5.74) is 6.34. The smallest absolute Gasteiger partial charge is 0.326 e. The Balaban J connectivity index is 2.71. The van der Waals surface area contributed by atoms with E-state index in [4.69, 9.17) is 5.73 Å². The van der Waals surface area contributed by atoms with E-state index in [-0.39, 0.29) is 24.8 Å². The monoisotopic (exact) mass is 438 g/mol. The third-order valence-electron chi connectivity index (χ3n) is 4.89. The van der Waals surface area contributed by atoms with Crippen LogP contribution in [0.4, 0.5) is 0 Å². The molecule has 1 aromatic rings. The molecule has 0 aliphatic heterocycles. The van der Waals surface area contributed by atoms with Gasteiger partial charge in [-0.1, -0.05) is 34.1 Å². The lowest BCUT2D eigenvalue weighted by Crippen LogP contribution is -2.56. The molecule has 1 aromatic heterocycles. The van der Waals surface area contributed by atoms with Crippen LogP contribution < -0.4 is 21.7 Å². The maximum atomic E-state index is 12.8. The number of hydrogen-bond acceptors (Lipinski definition) is 6. The number of amides is 3. The van der Waals surface area contributed by atoms with Crippen molar-refractivity contribution < 1.29 is 24.3 Å². The lowest BCUT2D eigenvalue weighted by Gasteiger charge is -2.25. The van der Waals surface area contributed by atoms with Crippen molar-refractivity contribution in [3.63, 3.8) is 0 Å². The van der Waals surface area contributed by atoms with Crippen LogP contribution in [0.2, 0.25) is 0 Å². The Bertz CT molecular complexity index is 736. The zero-order chi connectivity index (χ0) is 23.6. The van der Waals surface area contributed by atoms with Crippen molar-refractivity contribution in [3.05, 3.63) is 18.2 Å². The van der Waals surface area contributed by atoms with Crippen LogP contribution in [0.3, 0.4) is 0 Å². The van der Waals surface area contributed by atoms with Gasteiger partial charge in [-0.05, 0) is 18.3 Å². The first-order valence-corrected chi connectivity index (χ1v) is 10.4. The summed E-state index contributed by atoms with van der Waals surface area (Å²) in [5.74, 6) is -2.85. The molecule has 0 spiro atoms. The van der Waals surface area contributed by atoms with Gasteiger partial charge in [0.05, 0.1) is 18.9 Å². The average Bonchev–Trinajstić information content (AvgIpc) is 3.21. The van der Waals surface area contributed by atoms with Gasteiger partial charge in [0, 0.05) is 18.3 Å². The zero-order valence-electron chi connectivity index (χ0n) is 18.5. The van der Waals surface area contributed by atoms with Crippen LogP contribution >= 0.6 is 0 Å². The number of aromatic amines is 1. The number of nitrogens with zero attached hydrogens (tertiary/aromatic N) is 1. The molecule has 0 fully saturated rings. The minimum Gasteiger partial charge on any atom is -0.480 e. The van der Waals surface area contributed by atoms with Crippen LogP contribution in [0.5, 0.6) is 0 Å². The molecule has 0 saturated carbocycles. The first-order valence-electron chi connectivity index (χ1n) is 10.4. The van der Waals surface area contributed by atoms with E-state index in [1.165, 1.54) is 12.5 Å². The molecule has 4 unspecified atom stereocenters. The van der Waals surface area contributed by atoms with Crippen molar-refractivity contribution in [2.45, 2.75) is 65.1 Å². The second kappa shape index (κ2) is 12.7. The number of imidazole rings is 1. The highest BCUT2D eigenvalue weighted by atomic mass is 16.4. The molecule has 0 aliphatic carbocycles. The summed E-state index contributed by atoms with van der Waals surface area (Å²) in [4.78, 5) is 55.3. The third kappa shape index (κ3) is 9.16. The molecular weight excluding hydrogens is 404 g/mol. The fourth-order valence-electron chi connectivity index (χ4n) is 2.92. The number of carboxylic acid groups (broad SMARTS) is 1. The normalized spacial score (nSPS) is 14.9. The predicted octanol–water partition coefficient (Wildman–Crippen LogP) is -0.458. The molecular formula is C20H34N6O5. The van der Waals surface area contributed by atoms with E-state index in [2.05, 4.69) is 25.9 Å². The van der Waals surface area contributed by atoms with Gasteiger partial charge < -0.3 is 31.8 Å². The van der Waals surface area contributed by atoms with Crippen molar-refractivity contribution in [2.75, 3.05) is 6.54 Å². The van der Waals surface area contributed by atoms with Crippen LogP contribution in [0.1, 0.15) is 46.2 Å². The van der Waals surface area contributed by atoms with Crippen LogP contribution in [0.15, 0.2) is 12.5 Å². The van der Waals surface area contributed by atoms with E-state index in [1.54, 1.807) is 6.92 Å². The first kappa shape index (κ1) is 26.1. The minimum absolute atomic E-state index is 0.0199. The zero-order valence-corrected chi connectivity index (χ0v) is 18.5. The van der Waals surface area contributed by atoms with Crippen LogP contribution in [0.25, 0.3) is 0 Å². The Morgan fingerprint density at radius 1 is 1.16 bits per heavy atom. The molecule has 174 valence electrons. The quantitative estimate of drug-likeness (QED) is 0.241. The van der Waals surface area contributed by atoms with Gasteiger partial charge in [0.25, 0.3) is 0 Å². The van der Waals surface area contributed by atoms with E-state index in [0.29, 0.717) is 18.5 Å². The number of aliphatic carboxylic acids is 1. The Labute approximate surface area is 181 Å². The molecule has 1 rings (SSSR count). The number of carboxylic acids is 1. The summed E-state index contributed by atoms with van der Waals surface area (Å²) in [6, 6.07) is -2.87. The minimum atomic E-state index is -1.21. The molecule has 0 saturated heterocycles. The average molecular weight is 439 g/mol. The van der Waals surface area contributed by atoms with E-state index in [0.717, 1.165) is 0 Å². The molecule has 11 heteroatoms. The Hall–Kier alpha value is -2.95. The van der Waals surface area contributed by atoms with Crippen LogP contribution in [-0.4, -0.2) is 63.4 Å². The number of H-pyrrole nitrogens is 1. The highest BCUT2D eigenvalue weighted by molar-refractivity contribution is 5.92. The Morgan fingerprint density at radius 3 is 2.35 bits per heavy atom. The van der Waals surface area contributed by atoms with Gasteiger partial charge in [-0.25, -0.2) is 9.78 Å². The van der Waals surface area contributed by atoms with Gasteiger partial charge in [-0.3, -0.25) is 14.4 Å². The van der Waals surface area contributed by atoms with Crippen molar-refractivity contribution in [3.8, 4) is 0 Å². The summed E-state index contributed by atoms with van der Waals surface area (Å²) in [6.07, 6.45) is 3.97. The van der Waals surface area contributed by atoms with Gasteiger partial charge >= 0.3 is 5.97 Å². The van der Waals surface area contributed by atoms with Gasteiger partial charge in [-0.15, -0.1) is 0 Å². The lowest BCUT2D eigenvalue weighted by molar-refractivity contribution is -0.142. The number of nitrogens with two attached hydrogens (primary N) is 1. The Kier molecular flexibility index (Phi) is 10.7. The number of carbonyl (C=O) groups is 4. The predicted molar refractivity (Wildman–Crippen MR) is 114 cm³/mol. The fraction of sp³-hybridized carbons (Fsp3) is 0.650. The summed E-state index contributed by atoms with van der Waals surface area (Å²) in [5, 5.41) is 17.0. The molecule has 11 nitrogen and oxygen atoms in total. The molecule has 31 heavy (non-hydrogen) atoms. The SMILES string of the molecule is CCC(C)C(NC(=O)CNC(=O)C(N)CC(C)C)C(=O)NC(Cc1cnc[nH]1)C(=O)O. The molecule has 4 atom stereocenters. The van der Waals surface area contributed by atoms with E-state index in [1.807, 2.05) is 20.8 Å². The highest BCUT2D eigenvalue weighted by Gasteiger charge is 2.30. The molecule has 1 heterocycles. The van der Waals surface area contributed by atoms with Gasteiger partial charge in [0.1, 0.15) is 12.1 Å². The summed E-state index contributed by atoms with van der Waals surface area (Å²) in [6.45, 7) is 7.16. The standard InChI is InChI=1S/C20H34N6O5/c1-5-12(4)17(26-16(27)9-23-18(28)14(21)6-11(2)3)19(29)25-15(20(30)31)7-13-8-22-10-24-13/h8,10-12,14-15,17H,5-7,9,21H2,1-4H3,(H,22,24)(H,23,28)(H,25,29)(H,26,27)(H,30,31). The molecule has 0 bridgehead atoms. The van der Waals surface area contributed by atoms with Crippen molar-refractivity contribution in [1.82, 2.24) is 25.9 Å². The van der Waals surface area contributed by atoms with Crippen LogP contribution in [0, 0.1) is 11.8 Å².